The number of hydrogen-bond donors (Lipinski definition) is 1. The predicted molar refractivity (Wildman–Crippen MR) is 125 cm³/mol. The second-order valence-electron chi connectivity index (χ2n) is 7.52. The number of ether oxygens (including phenoxy) is 1. The largest absolute Gasteiger partial charge is 0.490 e. The van der Waals surface area contributed by atoms with Crippen LogP contribution >= 0.6 is 0 Å². The van der Waals surface area contributed by atoms with Crippen LogP contribution in [0.25, 0.3) is 28.7 Å². The Hall–Kier alpha value is -4.19. The number of aromatic carboxylic acids is 1. The molecular weight excluding hydrogens is 404 g/mol. The molecule has 0 amide bonds. The first kappa shape index (κ1) is 21.1. The maximum absolute atomic E-state index is 13.3. The Morgan fingerprint density at radius 1 is 0.969 bits per heavy atom. The van der Waals surface area contributed by atoms with E-state index in [2.05, 4.69) is 0 Å². The van der Waals surface area contributed by atoms with Gasteiger partial charge in [0.05, 0.1) is 28.3 Å². The van der Waals surface area contributed by atoms with E-state index in [-0.39, 0.29) is 17.2 Å². The van der Waals surface area contributed by atoms with Crippen LogP contribution in [0.3, 0.4) is 0 Å². The molecule has 160 valence electrons. The van der Waals surface area contributed by atoms with Gasteiger partial charge in [-0.25, -0.2) is 9.78 Å². The van der Waals surface area contributed by atoms with Crippen molar-refractivity contribution in [2.24, 2.45) is 0 Å². The molecule has 0 fully saturated rings. The summed E-state index contributed by atoms with van der Waals surface area (Å²) in [5, 5.41) is 9.67. The van der Waals surface area contributed by atoms with Crippen molar-refractivity contribution in [1.82, 2.24) is 9.55 Å². The second-order valence-corrected chi connectivity index (χ2v) is 7.52. The Kier molecular flexibility index (Phi) is 5.85. The molecule has 0 bridgehead atoms. The van der Waals surface area contributed by atoms with E-state index in [0.29, 0.717) is 22.4 Å². The quantitative estimate of drug-likeness (QED) is 0.467. The SMILES string of the molecule is CC(C)Oc1ccccc1/C=C/c1nc2ccccc2c(=O)n1-c1ccc(C(=O)O)cc1. The maximum atomic E-state index is 13.3. The van der Waals surface area contributed by atoms with Gasteiger partial charge in [-0.2, -0.15) is 0 Å². The number of nitrogens with zero attached hydrogens (tertiary/aromatic N) is 2. The number of aromatic nitrogens is 2. The molecule has 0 aliphatic heterocycles. The Labute approximate surface area is 185 Å². The van der Waals surface area contributed by atoms with Crippen molar-refractivity contribution in [2.75, 3.05) is 0 Å². The molecule has 0 saturated heterocycles. The smallest absolute Gasteiger partial charge is 0.335 e. The van der Waals surface area contributed by atoms with E-state index >= 15 is 0 Å². The van der Waals surface area contributed by atoms with Gasteiger partial charge in [-0.05, 0) is 68.5 Å². The van der Waals surface area contributed by atoms with E-state index in [0.717, 1.165) is 11.3 Å². The van der Waals surface area contributed by atoms with E-state index < -0.39 is 5.97 Å². The van der Waals surface area contributed by atoms with Crippen molar-refractivity contribution in [3.05, 3.63) is 100 Å². The Balaban J connectivity index is 1.87. The molecule has 0 radical (unpaired) electrons. The summed E-state index contributed by atoms with van der Waals surface area (Å²) in [4.78, 5) is 29.3. The number of para-hydroxylation sites is 2. The fourth-order valence-electron chi connectivity index (χ4n) is 3.41. The van der Waals surface area contributed by atoms with Crippen LogP contribution in [0.4, 0.5) is 0 Å². The molecule has 0 unspecified atom stereocenters. The summed E-state index contributed by atoms with van der Waals surface area (Å²) in [7, 11) is 0. The first-order valence-corrected chi connectivity index (χ1v) is 10.2. The molecule has 0 saturated carbocycles. The van der Waals surface area contributed by atoms with E-state index in [1.165, 1.54) is 16.7 Å². The fraction of sp³-hybridized carbons (Fsp3) is 0.115. The van der Waals surface area contributed by atoms with Gasteiger partial charge >= 0.3 is 5.97 Å². The summed E-state index contributed by atoms with van der Waals surface area (Å²) in [6.45, 7) is 3.92. The third-order valence-electron chi connectivity index (χ3n) is 4.87. The average Bonchev–Trinajstić information content (AvgIpc) is 2.78. The lowest BCUT2D eigenvalue weighted by molar-refractivity contribution is 0.0697. The molecule has 32 heavy (non-hydrogen) atoms. The molecule has 0 aliphatic carbocycles. The Morgan fingerprint density at radius 2 is 1.66 bits per heavy atom. The summed E-state index contributed by atoms with van der Waals surface area (Å²) in [5.41, 5.74) is 1.89. The lowest BCUT2D eigenvalue weighted by Crippen LogP contribution is -2.22. The summed E-state index contributed by atoms with van der Waals surface area (Å²) in [6, 6.07) is 20.9. The first-order valence-electron chi connectivity index (χ1n) is 10.2. The molecule has 3 aromatic carbocycles. The molecule has 6 heteroatoms. The standard InChI is InChI=1S/C26H22N2O4/c1-17(2)32-23-10-6-3-7-18(23)13-16-24-27-22-9-5-4-8-21(22)25(29)28(24)20-14-11-19(12-15-20)26(30)31/h3-17H,1-2H3,(H,30,31)/b16-13+. The van der Waals surface area contributed by atoms with Gasteiger partial charge in [0.15, 0.2) is 0 Å². The van der Waals surface area contributed by atoms with E-state index in [4.69, 9.17) is 9.72 Å². The fourth-order valence-corrected chi connectivity index (χ4v) is 3.41. The minimum absolute atomic E-state index is 0.0225. The summed E-state index contributed by atoms with van der Waals surface area (Å²) in [6.07, 6.45) is 3.65. The van der Waals surface area contributed by atoms with Gasteiger partial charge < -0.3 is 9.84 Å². The number of hydrogen-bond acceptors (Lipinski definition) is 4. The van der Waals surface area contributed by atoms with Crippen LogP contribution in [-0.2, 0) is 0 Å². The zero-order chi connectivity index (χ0) is 22.7. The molecule has 6 nitrogen and oxygen atoms in total. The normalized spacial score (nSPS) is 11.3. The van der Waals surface area contributed by atoms with Crippen molar-refractivity contribution in [1.29, 1.82) is 0 Å². The molecule has 1 heterocycles. The van der Waals surface area contributed by atoms with Crippen molar-refractivity contribution < 1.29 is 14.6 Å². The average molecular weight is 426 g/mol. The summed E-state index contributed by atoms with van der Waals surface area (Å²) < 4.78 is 7.36. The molecule has 4 rings (SSSR count). The highest BCUT2D eigenvalue weighted by Gasteiger charge is 2.12. The van der Waals surface area contributed by atoms with Crippen molar-refractivity contribution >= 4 is 29.0 Å². The third-order valence-corrected chi connectivity index (χ3v) is 4.87. The first-order chi connectivity index (χ1) is 15.4. The van der Waals surface area contributed by atoms with Gasteiger partial charge in [-0.15, -0.1) is 0 Å². The molecule has 0 spiro atoms. The number of carboxylic acids is 1. The van der Waals surface area contributed by atoms with Crippen LogP contribution in [0.2, 0.25) is 0 Å². The zero-order valence-corrected chi connectivity index (χ0v) is 17.7. The highest BCUT2D eigenvalue weighted by Crippen LogP contribution is 2.22. The number of rotatable bonds is 6. The molecule has 0 atom stereocenters. The monoisotopic (exact) mass is 426 g/mol. The molecule has 4 aromatic rings. The Morgan fingerprint density at radius 3 is 2.38 bits per heavy atom. The van der Waals surface area contributed by atoms with Gasteiger partial charge in [0, 0.05) is 5.56 Å². The zero-order valence-electron chi connectivity index (χ0n) is 17.7. The van der Waals surface area contributed by atoms with Crippen molar-refractivity contribution in [2.45, 2.75) is 20.0 Å². The molecule has 0 aliphatic rings. The highest BCUT2D eigenvalue weighted by molar-refractivity contribution is 5.88. The predicted octanol–water partition coefficient (Wildman–Crippen LogP) is 5.04. The van der Waals surface area contributed by atoms with Gasteiger partial charge in [-0.1, -0.05) is 30.3 Å². The van der Waals surface area contributed by atoms with Crippen molar-refractivity contribution in [3.8, 4) is 11.4 Å². The number of carboxylic acid groups (broad SMARTS) is 1. The lowest BCUT2D eigenvalue weighted by atomic mass is 10.1. The maximum Gasteiger partial charge on any atom is 0.335 e. The van der Waals surface area contributed by atoms with Crippen LogP contribution in [0, 0.1) is 0 Å². The minimum Gasteiger partial charge on any atom is -0.490 e. The molecular formula is C26H22N2O4. The second kappa shape index (κ2) is 8.89. The third kappa shape index (κ3) is 4.30. The van der Waals surface area contributed by atoms with Gasteiger partial charge in [0.1, 0.15) is 11.6 Å². The van der Waals surface area contributed by atoms with E-state index in [9.17, 15) is 14.7 Å². The topological polar surface area (TPSA) is 81.4 Å². The minimum atomic E-state index is -1.03. The van der Waals surface area contributed by atoms with Crippen LogP contribution in [0.1, 0.15) is 35.6 Å². The van der Waals surface area contributed by atoms with E-state index in [1.807, 2.05) is 50.3 Å². The summed E-state index contributed by atoms with van der Waals surface area (Å²) >= 11 is 0. The number of fused-ring (bicyclic) bond motifs is 1. The van der Waals surface area contributed by atoms with E-state index in [1.54, 1.807) is 36.4 Å². The highest BCUT2D eigenvalue weighted by atomic mass is 16.5. The molecule has 1 N–H and O–H groups in total. The van der Waals surface area contributed by atoms with Gasteiger partial charge in [0.2, 0.25) is 0 Å². The van der Waals surface area contributed by atoms with Crippen LogP contribution in [-0.4, -0.2) is 26.7 Å². The number of benzene rings is 3. The lowest BCUT2D eigenvalue weighted by Gasteiger charge is -2.13. The van der Waals surface area contributed by atoms with Crippen LogP contribution < -0.4 is 10.3 Å². The van der Waals surface area contributed by atoms with Gasteiger partial charge in [0.25, 0.3) is 5.56 Å². The summed E-state index contributed by atoms with van der Waals surface area (Å²) in [5.74, 6) is 0.137. The van der Waals surface area contributed by atoms with Crippen molar-refractivity contribution in [3.63, 3.8) is 0 Å². The van der Waals surface area contributed by atoms with Crippen LogP contribution in [0.15, 0.2) is 77.6 Å². The van der Waals surface area contributed by atoms with Gasteiger partial charge in [-0.3, -0.25) is 9.36 Å². The van der Waals surface area contributed by atoms with Crippen LogP contribution in [0.5, 0.6) is 5.75 Å². The molecule has 1 aromatic heterocycles. The Bertz CT molecular complexity index is 1370. The number of carbonyl (C=O) groups is 1.